The number of piperidine rings is 1. The summed E-state index contributed by atoms with van der Waals surface area (Å²) in [6.45, 7) is 3.96. The van der Waals surface area contributed by atoms with Crippen LogP contribution in [0.3, 0.4) is 0 Å². The van der Waals surface area contributed by atoms with Gasteiger partial charge in [0.25, 0.3) is 11.1 Å². The zero-order chi connectivity index (χ0) is 21.4. The van der Waals surface area contributed by atoms with Crippen molar-refractivity contribution in [3.05, 3.63) is 74.6 Å². The summed E-state index contributed by atoms with van der Waals surface area (Å²) >= 11 is 0. The van der Waals surface area contributed by atoms with Crippen molar-refractivity contribution in [1.82, 2.24) is 25.0 Å². The van der Waals surface area contributed by atoms with Gasteiger partial charge in [-0.1, -0.05) is 24.3 Å². The molecule has 2 unspecified atom stereocenters. The summed E-state index contributed by atoms with van der Waals surface area (Å²) in [4.78, 5) is 38.9. The van der Waals surface area contributed by atoms with Crippen LogP contribution >= 0.6 is 0 Å². The minimum Gasteiger partial charge on any atom is -0.354 e. The van der Waals surface area contributed by atoms with Gasteiger partial charge >= 0.3 is 0 Å². The first kappa shape index (κ1) is 19.7. The lowest BCUT2D eigenvalue weighted by atomic mass is 9.83. The van der Waals surface area contributed by atoms with E-state index in [2.05, 4.69) is 26.5 Å². The molecule has 2 N–H and O–H groups in total. The van der Waals surface area contributed by atoms with Crippen molar-refractivity contribution in [1.29, 1.82) is 0 Å². The van der Waals surface area contributed by atoms with Gasteiger partial charge in [0.05, 0.1) is 17.5 Å². The first-order valence-corrected chi connectivity index (χ1v) is 10.7. The monoisotopic (exact) mass is 419 g/mol. The molecule has 2 bridgehead atoms. The molecule has 31 heavy (non-hydrogen) atoms. The van der Waals surface area contributed by atoms with E-state index >= 15 is 0 Å². The van der Waals surface area contributed by atoms with Crippen molar-refractivity contribution >= 4 is 16.7 Å². The van der Waals surface area contributed by atoms with E-state index in [0.717, 1.165) is 38.3 Å². The maximum atomic E-state index is 12.5. The van der Waals surface area contributed by atoms with Crippen LogP contribution in [0.5, 0.6) is 0 Å². The normalized spacial score (nSPS) is 20.4. The molecule has 4 heterocycles. The average Bonchev–Trinajstić information content (AvgIpc) is 2.77. The number of aromatic amines is 1. The third-order valence-corrected chi connectivity index (χ3v) is 6.41. The highest BCUT2D eigenvalue weighted by Gasteiger charge is 2.34. The Balaban J connectivity index is 1.18. The number of rotatable bonds is 5. The van der Waals surface area contributed by atoms with E-state index in [9.17, 15) is 14.4 Å². The molecule has 1 fully saturated rings. The summed E-state index contributed by atoms with van der Waals surface area (Å²) in [6, 6.07) is 12.7. The minimum atomic E-state index is -0.251. The molecule has 2 atom stereocenters. The third kappa shape index (κ3) is 3.90. The van der Waals surface area contributed by atoms with Gasteiger partial charge in [-0.2, -0.15) is 5.10 Å². The fraction of sp³-hybridized carbons (Fsp3) is 0.391. The number of hydrogen-bond donors (Lipinski definition) is 2. The number of benzene rings is 1. The lowest BCUT2D eigenvalue weighted by molar-refractivity contribution is -0.120. The smallest absolute Gasteiger partial charge is 0.272 e. The lowest BCUT2D eigenvalue weighted by Crippen LogP contribution is -2.48. The van der Waals surface area contributed by atoms with Gasteiger partial charge in [-0.25, -0.2) is 5.10 Å². The molecular weight excluding hydrogens is 394 g/mol. The van der Waals surface area contributed by atoms with Crippen LogP contribution in [0.2, 0.25) is 0 Å². The number of pyridine rings is 1. The van der Waals surface area contributed by atoms with E-state index in [-0.39, 0.29) is 23.4 Å². The molecule has 0 spiro atoms. The summed E-state index contributed by atoms with van der Waals surface area (Å²) < 4.78 is 1.93. The highest BCUT2D eigenvalue weighted by Crippen LogP contribution is 2.34. The van der Waals surface area contributed by atoms with Crippen molar-refractivity contribution in [2.24, 2.45) is 5.92 Å². The van der Waals surface area contributed by atoms with Crippen LogP contribution in [-0.2, 0) is 17.8 Å². The Morgan fingerprint density at radius 1 is 1.06 bits per heavy atom. The van der Waals surface area contributed by atoms with E-state index < -0.39 is 0 Å². The van der Waals surface area contributed by atoms with Crippen molar-refractivity contribution in [2.45, 2.75) is 25.3 Å². The fourth-order valence-corrected chi connectivity index (χ4v) is 5.05. The van der Waals surface area contributed by atoms with Gasteiger partial charge in [-0.3, -0.25) is 14.4 Å². The molecule has 0 saturated carbocycles. The van der Waals surface area contributed by atoms with Crippen LogP contribution < -0.4 is 16.4 Å². The Hall–Kier alpha value is -3.26. The van der Waals surface area contributed by atoms with Crippen LogP contribution in [0.1, 0.15) is 23.7 Å². The summed E-state index contributed by atoms with van der Waals surface area (Å²) in [5, 5.41) is 10.8. The molecule has 1 saturated heterocycles. The fourth-order valence-electron chi connectivity index (χ4n) is 5.05. The summed E-state index contributed by atoms with van der Waals surface area (Å²) in [7, 11) is 0. The number of nitrogens with zero attached hydrogens (tertiary/aromatic N) is 3. The number of H-pyrrole nitrogens is 1. The zero-order valence-corrected chi connectivity index (χ0v) is 17.2. The Labute approximate surface area is 178 Å². The van der Waals surface area contributed by atoms with Gasteiger partial charge in [0.15, 0.2) is 0 Å². The van der Waals surface area contributed by atoms with Crippen LogP contribution in [0.25, 0.3) is 10.8 Å². The summed E-state index contributed by atoms with van der Waals surface area (Å²) in [5.74, 6) is 0.728. The number of aromatic nitrogens is 3. The number of carbonyl (C=O) groups excluding carboxylic acids is 1. The molecular formula is C23H25N5O3. The van der Waals surface area contributed by atoms with Crippen LogP contribution in [0.4, 0.5) is 0 Å². The van der Waals surface area contributed by atoms with Crippen LogP contribution in [-0.4, -0.2) is 51.8 Å². The average molecular weight is 419 g/mol. The van der Waals surface area contributed by atoms with Crippen molar-refractivity contribution < 1.29 is 4.79 Å². The van der Waals surface area contributed by atoms with Crippen molar-refractivity contribution in [3.63, 3.8) is 0 Å². The molecule has 2 aliphatic rings. The Morgan fingerprint density at radius 3 is 2.77 bits per heavy atom. The summed E-state index contributed by atoms with van der Waals surface area (Å²) in [6.07, 6.45) is 1.25. The number of hydrogen-bond acceptors (Lipinski definition) is 5. The quantitative estimate of drug-likeness (QED) is 0.639. The van der Waals surface area contributed by atoms with E-state index in [4.69, 9.17) is 0 Å². The predicted molar refractivity (Wildman–Crippen MR) is 117 cm³/mol. The zero-order valence-electron chi connectivity index (χ0n) is 17.2. The molecule has 2 aromatic heterocycles. The number of amides is 1. The first-order chi connectivity index (χ1) is 15.1. The van der Waals surface area contributed by atoms with Gasteiger partial charge in [-0.05, 0) is 24.5 Å². The molecule has 2 aliphatic heterocycles. The molecule has 1 aromatic carbocycles. The summed E-state index contributed by atoms with van der Waals surface area (Å²) in [5.41, 5.74) is 1.55. The maximum Gasteiger partial charge on any atom is 0.272 e. The lowest BCUT2D eigenvalue weighted by Gasteiger charge is -2.42. The maximum absolute atomic E-state index is 12.5. The second-order valence-corrected chi connectivity index (χ2v) is 8.53. The van der Waals surface area contributed by atoms with Gasteiger partial charge < -0.3 is 14.8 Å². The topological polar surface area (TPSA) is 100 Å². The molecule has 5 rings (SSSR count). The molecule has 1 amide bonds. The SMILES string of the molecule is O=C(Cc1n[nH]c(=O)c2ccccc12)NCCN1CC2CC(C1)c1cccc(=O)n1C2. The van der Waals surface area contributed by atoms with Gasteiger partial charge in [-0.15, -0.1) is 0 Å². The van der Waals surface area contributed by atoms with Gasteiger partial charge in [0.2, 0.25) is 5.91 Å². The highest BCUT2D eigenvalue weighted by molar-refractivity contribution is 5.88. The second-order valence-electron chi connectivity index (χ2n) is 8.53. The Bertz CT molecular complexity index is 1250. The van der Waals surface area contributed by atoms with E-state index in [0.29, 0.717) is 34.8 Å². The standard InChI is InChI=1S/C23H25N5O3/c29-21(11-19-17-4-1-2-5-18(17)23(31)26-25-19)24-8-9-27-12-15-10-16(14-27)20-6-3-7-22(30)28(20)13-15/h1-7,15-16H,8-14H2,(H,24,29)(H,26,31). The molecule has 8 nitrogen and oxygen atoms in total. The van der Waals surface area contributed by atoms with Crippen LogP contribution in [0, 0.1) is 5.92 Å². The minimum absolute atomic E-state index is 0.0938. The van der Waals surface area contributed by atoms with E-state index in [1.54, 1.807) is 18.2 Å². The highest BCUT2D eigenvalue weighted by atomic mass is 16.2. The van der Waals surface area contributed by atoms with Crippen LogP contribution in [0.15, 0.2) is 52.1 Å². The van der Waals surface area contributed by atoms with Gasteiger partial charge in [0, 0.05) is 55.8 Å². The largest absolute Gasteiger partial charge is 0.354 e. The van der Waals surface area contributed by atoms with E-state index in [1.165, 1.54) is 0 Å². The molecule has 0 aliphatic carbocycles. The Morgan fingerprint density at radius 2 is 1.90 bits per heavy atom. The molecule has 8 heteroatoms. The molecule has 0 radical (unpaired) electrons. The third-order valence-electron chi connectivity index (χ3n) is 6.41. The van der Waals surface area contributed by atoms with Crippen molar-refractivity contribution in [3.8, 4) is 0 Å². The van der Waals surface area contributed by atoms with E-state index in [1.807, 2.05) is 22.8 Å². The number of nitrogens with one attached hydrogen (secondary N) is 2. The molecule has 3 aromatic rings. The van der Waals surface area contributed by atoms with Crippen molar-refractivity contribution in [2.75, 3.05) is 26.2 Å². The first-order valence-electron chi connectivity index (χ1n) is 10.7. The number of fused-ring (bicyclic) bond motifs is 5. The number of likely N-dealkylation sites (tertiary alicyclic amines) is 1. The van der Waals surface area contributed by atoms with Gasteiger partial charge in [0.1, 0.15) is 0 Å². The predicted octanol–water partition coefficient (Wildman–Crippen LogP) is 0.863. The molecule has 160 valence electrons. The number of carbonyl (C=O) groups is 1. The second kappa shape index (κ2) is 8.11. The Kier molecular flexibility index (Phi) is 5.15.